The summed E-state index contributed by atoms with van der Waals surface area (Å²) in [5, 5.41) is 8.75. The van der Waals surface area contributed by atoms with Gasteiger partial charge in [0.25, 0.3) is 0 Å². The first-order valence-corrected chi connectivity index (χ1v) is 8.36. The van der Waals surface area contributed by atoms with Crippen LogP contribution in [0.4, 0.5) is 17.1 Å². The molecule has 2 rings (SSSR count). The van der Waals surface area contributed by atoms with Crippen molar-refractivity contribution in [3.05, 3.63) is 66.7 Å². The van der Waals surface area contributed by atoms with Gasteiger partial charge in [-0.1, -0.05) is 18.2 Å². The average Bonchev–Trinajstić information content (AvgIpc) is 2.63. The van der Waals surface area contributed by atoms with Crippen LogP contribution in [-0.4, -0.2) is 23.6 Å². The number of para-hydroxylation sites is 1. The van der Waals surface area contributed by atoms with Crippen LogP contribution in [0.1, 0.15) is 6.92 Å². The molecule has 6 nitrogen and oxygen atoms in total. The third-order valence-corrected chi connectivity index (χ3v) is 3.30. The number of hydrogen-bond donors (Lipinski definition) is 3. The smallest absolute Gasteiger partial charge is 0.330 e. The molecular weight excluding hydrogens is 350 g/mol. The Hall–Kier alpha value is -3.19. The number of benzene rings is 2. The predicted octanol–water partition coefficient (Wildman–Crippen LogP) is 3.36. The van der Waals surface area contributed by atoms with Crippen LogP contribution in [-0.2, 0) is 14.3 Å². The molecule has 0 heterocycles. The topological polar surface area (TPSA) is 79.5 Å². The van der Waals surface area contributed by atoms with Crippen molar-refractivity contribution in [3.63, 3.8) is 0 Å². The summed E-state index contributed by atoms with van der Waals surface area (Å²) in [5.41, 5.74) is 2.64. The maximum atomic E-state index is 11.7. The summed E-state index contributed by atoms with van der Waals surface area (Å²) in [4.78, 5) is 22.8. The van der Waals surface area contributed by atoms with E-state index >= 15 is 0 Å². The van der Waals surface area contributed by atoms with Gasteiger partial charge in [-0.05, 0) is 55.5 Å². The highest BCUT2D eigenvalue weighted by molar-refractivity contribution is 7.80. The number of anilines is 3. The summed E-state index contributed by atoms with van der Waals surface area (Å²) in [6.07, 6.45) is 2.12. The van der Waals surface area contributed by atoms with Gasteiger partial charge in [0.1, 0.15) is 0 Å². The van der Waals surface area contributed by atoms with Crippen LogP contribution in [0.25, 0.3) is 0 Å². The summed E-state index contributed by atoms with van der Waals surface area (Å²) in [6, 6.07) is 17.2. The minimum Gasteiger partial charge on any atom is -0.463 e. The molecule has 0 saturated heterocycles. The van der Waals surface area contributed by atoms with Crippen LogP contribution in [0.5, 0.6) is 0 Å². The van der Waals surface area contributed by atoms with Crippen LogP contribution in [0.3, 0.4) is 0 Å². The van der Waals surface area contributed by atoms with E-state index in [1.54, 1.807) is 6.92 Å². The summed E-state index contributed by atoms with van der Waals surface area (Å²) in [6.45, 7) is 1.94. The van der Waals surface area contributed by atoms with E-state index < -0.39 is 11.9 Å². The van der Waals surface area contributed by atoms with Gasteiger partial charge in [-0.25, -0.2) is 4.79 Å². The number of rotatable bonds is 6. The fourth-order valence-electron chi connectivity index (χ4n) is 1.98. The van der Waals surface area contributed by atoms with Gasteiger partial charge >= 0.3 is 5.97 Å². The first-order chi connectivity index (χ1) is 12.6. The van der Waals surface area contributed by atoms with Gasteiger partial charge in [-0.15, -0.1) is 0 Å². The molecule has 2 aromatic rings. The van der Waals surface area contributed by atoms with E-state index in [2.05, 4.69) is 20.7 Å². The number of amides is 1. The molecule has 26 heavy (non-hydrogen) atoms. The number of esters is 1. The summed E-state index contributed by atoms with van der Waals surface area (Å²) in [7, 11) is 0. The van der Waals surface area contributed by atoms with Crippen LogP contribution < -0.4 is 16.0 Å². The van der Waals surface area contributed by atoms with Crippen molar-refractivity contribution >= 4 is 46.3 Å². The summed E-state index contributed by atoms with van der Waals surface area (Å²) in [5.74, 6) is -1.10. The Labute approximate surface area is 157 Å². The molecule has 0 unspecified atom stereocenters. The highest BCUT2D eigenvalue weighted by atomic mass is 32.1. The van der Waals surface area contributed by atoms with Crippen LogP contribution in [0.2, 0.25) is 0 Å². The Kier molecular flexibility index (Phi) is 7.32. The zero-order valence-corrected chi connectivity index (χ0v) is 15.0. The third-order valence-electron chi connectivity index (χ3n) is 3.10. The maximum absolute atomic E-state index is 11.7. The van der Waals surface area contributed by atoms with E-state index in [1.807, 2.05) is 54.6 Å². The number of ether oxygens (including phenoxy) is 1. The Morgan fingerprint density at radius 3 is 2.23 bits per heavy atom. The normalized spacial score (nSPS) is 10.2. The monoisotopic (exact) mass is 369 g/mol. The van der Waals surface area contributed by atoms with Crippen molar-refractivity contribution in [2.75, 3.05) is 17.2 Å². The SMILES string of the molecule is CCOC(=O)/C=C/C(=O)NC(=S)Nc1ccc(Nc2ccccc2)cc1. The minimum absolute atomic E-state index is 0.132. The number of nitrogens with one attached hydrogen (secondary N) is 3. The summed E-state index contributed by atoms with van der Waals surface area (Å²) < 4.78 is 4.69. The highest BCUT2D eigenvalue weighted by Crippen LogP contribution is 2.18. The predicted molar refractivity (Wildman–Crippen MR) is 106 cm³/mol. The zero-order valence-electron chi connectivity index (χ0n) is 14.2. The molecule has 0 aromatic heterocycles. The van der Waals surface area contributed by atoms with Crippen molar-refractivity contribution in [2.45, 2.75) is 6.92 Å². The fourth-order valence-corrected chi connectivity index (χ4v) is 2.19. The van der Waals surface area contributed by atoms with Gasteiger partial charge < -0.3 is 15.4 Å². The van der Waals surface area contributed by atoms with Gasteiger partial charge in [-0.2, -0.15) is 0 Å². The minimum atomic E-state index is -0.581. The van der Waals surface area contributed by atoms with E-state index in [-0.39, 0.29) is 11.7 Å². The van der Waals surface area contributed by atoms with Crippen LogP contribution >= 0.6 is 12.2 Å². The van der Waals surface area contributed by atoms with Crippen LogP contribution in [0.15, 0.2) is 66.7 Å². The van der Waals surface area contributed by atoms with Gasteiger partial charge in [0.05, 0.1) is 6.61 Å². The Balaban J connectivity index is 1.83. The second kappa shape index (κ2) is 9.95. The molecule has 0 fully saturated rings. The molecular formula is C19H19N3O3S. The lowest BCUT2D eigenvalue weighted by Crippen LogP contribution is -2.32. The molecule has 0 saturated carbocycles. The number of carbonyl (C=O) groups excluding carboxylic acids is 2. The molecule has 7 heteroatoms. The van der Waals surface area contributed by atoms with Gasteiger partial charge in [0, 0.05) is 29.2 Å². The third kappa shape index (κ3) is 6.74. The molecule has 0 radical (unpaired) electrons. The average molecular weight is 369 g/mol. The largest absolute Gasteiger partial charge is 0.463 e. The summed E-state index contributed by atoms with van der Waals surface area (Å²) >= 11 is 5.07. The van der Waals surface area contributed by atoms with E-state index in [0.29, 0.717) is 0 Å². The molecule has 0 aliphatic heterocycles. The Morgan fingerprint density at radius 1 is 0.962 bits per heavy atom. The van der Waals surface area contributed by atoms with Crippen molar-refractivity contribution in [3.8, 4) is 0 Å². The number of carbonyl (C=O) groups is 2. The lowest BCUT2D eigenvalue weighted by molar-refractivity contribution is -0.137. The molecule has 0 aliphatic carbocycles. The molecule has 1 amide bonds. The lowest BCUT2D eigenvalue weighted by Gasteiger charge is -2.10. The van der Waals surface area contributed by atoms with Gasteiger partial charge in [-0.3, -0.25) is 10.1 Å². The number of thiocarbonyl (C=S) groups is 1. The molecule has 0 spiro atoms. The molecule has 0 bridgehead atoms. The lowest BCUT2D eigenvalue weighted by atomic mass is 10.2. The van der Waals surface area contributed by atoms with Crippen LogP contribution in [0, 0.1) is 0 Å². The molecule has 2 aromatic carbocycles. The van der Waals surface area contributed by atoms with Crippen molar-refractivity contribution < 1.29 is 14.3 Å². The first-order valence-electron chi connectivity index (χ1n) is 7.96. The van der Waals surface area contributed by atoms with Crippen molar-refractivity contribution in [1.29, 1.82) is 0 Å². The maximum Gasteiger partial charge on any atom is 0.330 e. The van der Waals surface area contributed by atoms with E-state index in [1.165, 1.54) is 0 Å². The Bertz CT molecular complexity index is 789. The van der Waals surface area contributed by atoms with Gasteiger partial charge in [0.2, 0.25) is 5.91 Å². The second-order valence-corrected chi connectivity index (χ2v) is 5.51. The second-order valence-electron chi connectivity index (χ2n) is 5.10. The number of hydrogen-bond acceptors (Lipinski definition) is 5. The molecule has 3 N–H and O–H groups in total. The van der Waals surface area contributed by atoms with Gasteiger partial charge in [0.15, 0.2) is 5.11 Å². The standard InChI is InChI=1S/C19H19N3O3S/c1-2-25-18(24)13-12-17(23)22-19(26)21-16-10-8-15(9-11-16)20-14-6-4-3-5-7-14/h3-13,20H,2H2,1H3,(H2,21,22,23,26)/b13-12+. The fraction of sp³-hybridized carbons (Fsp3) is 0.105. The zero-order chi connectivity index (χ0) is 18.8. The molecule has 0 atom stereocenters. The quantitative estimate of drug-likeness (QED) is 0.412. The molecule has 0 aliphatic rings. The highest BCUT2D eigenvalue weighted by Gasteiger charge is 2.03. The van der Waals surface area contributed by atoms with Crippen molar-refractivity contribution in [2.24, 2.45) is 0 Å². The Morgan fingerprint density at radius 2 is 1.58 bits per heavy atom. The first kappa shape index (κ1) is 19.1. The van der Waals surface area contributed by atoms with E-state index in [9.17, 15) is 9.59 Å². The molecule has 134 valence electrons. The van der Waals surface area contributed by atoms with E-state index in [0.717, 1.165) is 29.2 Å². The van der Waals surface area contributed by atoms with E-state index in [4.69, 9.17) is 12.2 Å². The van der Waals surface area contributed by atoms with Crippen molar-refractivity contribution in [1.82, 2.24) is 5.32 Å².